The van der Waals surface area contributed by atoms with Crippen LogP contribution in [0.1, 0.15) is 200 Å². The maximum Gasteiger partial charge on any atom is 0.0540 e. The average molecular weight is 467 g/mol. The highest BCUT2D eigenvalue weighted by Gasteiger charge is 2.04. The van der Waals surface area contributed by atoms with Crippen LogP contribution >= 0.6 is 0 Å². The van der Waals surface area contributed by atoms with Crippen molar-refractivity contribution in [1.29, 1.82) is 0 Å². The molecule has 0 fully saturated rings. The number of aliphatic hydroxyl groups is 1. The van der Waals surface area contributed by atoms with Crippen molar-refractivity contribution in [1.82, 2.24) is 0 Å². The van der Waals surface area contributed by atoms with E-state index < -0.39 is 0 Å². The average Bonchev–Trinajstić information content (AvgIpc) is 2.82. The minimum Gasteiger partial charge on any atom is -0.393 e. The summed E-state index contributed by atoms with van der Waals surface area (Å²) in [7, 11) is 0. The molecule has 1 atom stereocenters. The van der Waals surface area contributed by atoms with E-state index in [9.17, 15) is 5.11 Å². The Morgan fingerprint density at radius 3 is 0.697 bits per heavy atom. The lowest BCUT2D eigenvalue weighted by atomic mass is 10.0. The van der Waals surface area contributed by atoms with Gasteiger partial charge in [-0.15, -0.1) is 0 Å². The predicted molar refractivity (Wildman–Crippen MR) is 151 cm³/mol. The van der Waals surface area contributed by atoms with Gasteiger partial charge in [0.25, 0.3) is 0 Å². The Morgan fingerprint density at radius 2 is 0.485 bits per heavy atom. The molecule has 0 heterocycles. The molecule has 0 amide bonds. The predicted octanol–water partition coefficient (Wildman–Crippen LogP) is 11.7. The lowest BCUT2D eigenvalue weighted by Crippen LogP contribution is -2.05. The molecule has 0 bridgehead atoms. The summed E-state index contributed by atoms with van der Waals surface area (Å²) >= 11 is 0. The number of unbranched alkanes of at least 4 members (excludes halogenated alkanes) is 25. The van der Waals surface area contributed by atoms with Crippen molar-refractivity contribution in [2.75, 3.05) is 0 Å². The Morgan fingerprint density at radius 1 is 0.303 bits per heavy atom. The number of aliphatic hydroxyl groups excluding tert-OH is 1. The van der Waals surface area contributed by atoms with Crippen molar-refractivity contribution in [2.24, 2.45) is 0 Å². The van der Waals surface area contributed by atoms with Gasteiger partial charge >= 0.3 is 0 Å². The highest BCUT2D eigenvalue weighted by atomic mass is 16.3. The molecule has 1 unspecified atom stereocenters. The minimum absolute atomic E-state index is 0.0323. The molecule has 1 heteroatoms. The van der Waals surface area contributed by atoms with E-state index in [0.717, 1.165) is 12.8 Å². The van der Waals surface area contributed by atoms with Gasteiger partial charge in [0.05, 0.1) is 6.10 Å². The van der Waals surface area contributed by atoms with E-state index in [0.29, 0.717) is 0 Å². The van der Waals surface area contributed by atoms with Gasteiger partial charge in [-0.05, 0) is 12.8 Å². The molecule has 1 N–H and O–H groups in total. The summed E-state index contributed by atoms with van der Waals surface area (Å²) in [5.74, 6) is 0. The first-order valence-electron chi connectivity index (χ1n) is 16.0. The zero-order valence-electron chi connectivity index (χ0n) is 23.5. The monoisotopic (exact) mass is 467 g/mol. The van der Waals surface area contributed by atoms with Crippen molar-refractivity contribution in [3.8, 4) is 0 Å². The lowest BCUT2D eigenvalue weighted by Gasteiger charge is -2.10. The zero-order chi connectivity index (χ0) is 24.1. The van der Waals surface area contributed by atoms with Crippen molar-refractivity contribution in [3.05, 3.63) is 0 Å². The second kappa shape index (κ2) is 30.0. The normalized spacial score (nSPS) is 12.5. The quantitative estimate of drug-likeness (QED) is 0.109. The summed E-state index contributed by atoms with van der Waals surface area (Å²) in [5.41, 5.74) is 0. The topological polar surface area (TPSA) is 20.2 Å². The Hall–Kier alpha value is -0.0400. The standard InChI is InChI=1S/C32H66O/c1-3-5-7-9-11-13-15-17-18-19-21-23-25-27-29-31-32(33)30-28-26-24-22-20-16-14-12-10-8-6-4-2/h32-33H,3-31H2,1-2H3. The minimum atomic E-state index is -0.0323. The molecule has 0 aromatic rings. The van der Waals surface area contributed by atoms with Crippen LogP contribution in [-0.2, 0) is 0 Å². The zero-order valence-corrected chi connectivity index (χ0v) is 23.5. The van der Waals surface area contributed by atoms with E-state index in [4.69, 9.17) is 0 Å². The summed E-state index contributed by atoms with van der Waals surface area (Å²) in [6.45, 7) is 4.59. The Bertz CT molecular complexity index is 326. The Kier molecular flexibility index (Phi) is 30.0. The van der Waals surface area contributed by atoms with Gasteiger partial charge in [0.1, 0.15) is 0 Å². The third kappa shape index (κ3) is 29.9. The van der Waals surface area contributed by atoms with Gasteiger partial charge in [-0.25, -0.2) is 0 Å². The highest BCUT2D eigenvalue weighted by molar-refractivity contribution is 4.58. The Balaban J connectivity index is 3.13. The van der Waals surface area contributed by atoms with Crippen LogP contribution in [-0.4, -0.2) is 11.2 Å². The molecular formula is C32H66O. The number of hydrogen-bond donors (Lipinski definition) is 1. The van der Waals surface area contributed by atoms with E-state index in [1.165, 1.54) is 173 Å². The molecule has 0 aliphatic carbocycles. The van der Waals surface area contributed by atoms with Crippen LogP contribution in [0.15, 0.2) is 0 Å². The smallest absolute Gasteiger partial charge is 0.0540 e. The molecule has 1 nitrogen and oxygen atoms in total. The van der Waals surface area contributed by atoms with Crippen LogP contribution < -0.4 is 0 Å². The van der Waals surface area contributed by atoms with E-state index in [2.05, 4.69) is 13.8 Å². The van der Waals surface area contributed by atoms with Gasteiger partial charge in [0.2, 0.25) is 0 Å². The van der Waals surface area contributed by atoms with Gasteiger partial charge in [0, 0.05) is 0 Å². The van der Waals surface area contributed by atoms with Crippen LogP contribution in [0.3, 0.4) is 0 Å². The summed E-state index contributed by atoms with van der Waals surface area (Å²) in [6.07, 6.45) is 40.0. The molecule has 33 heavy (non-hydrogen) atoms. The van der Waals surface area contributed by atoms with Crippen LogP contribution in [0.5, 0.6) is 0 Å². The molecule has 0 radical (unpaired) electrons. The van der Waals surface area contributed by atoms with Crippen LogP contribution in [0, 0.1) is 0 Å². The molecule has 0 aliphatic rings. The molecule has 0 saturated heterocycles. The van der Waals surface area contributed by atoms with Gasteiger partial charge in [-0.3, -0.25) is 0 Å². The lowest BCUT2D eigenvalue weighted by molar-refractivity contribution is 0.147. The van der Waals surface area contributed by atoms with Gasteiger partial charge in [-0.2, -0.15) is 0 Å². The van der Waals surface area contributed by atoms with Gasteiger partial charge < -0.3 is 5.11 Å². The largest absolute Gasteiger partial charge is 0.393 e. The van der Waals surface area contributed by atoms with Gasteiger partial charge in [-0.1, -0.05) is 187 Å². The fraction of sp³-hybridized carbons (Fsp3) is 1.00. The van der Waals surface area contributed by atoms with Crippen molar-refractivity contribution >= 4 is 0 Å². The summed E-state index contributed by atoms with van der Waals surface area (Å²) < 4.78 is 0. The van der Waals surface area contributed by atoms with Crippen molar-refractivity contribution in [2.45, 2.75) is 206 Å². The second-order valence-electron chi connectivity index (χ2n) is 11.1. The molecule has 0 aromatic heterocycles. The van der Waals surface area contributed by atoms with Crippen LogP contribution in [0.25, 0.3) is 0 Å². The van der Waals surface area contributed by atoms with E-state index in [1.54, 1.807) is 0 Å². The van der Waals surface area contributed by atoms with Crippen molar-refractivity contribution in [3.63, 3.8) is 0 Å². The molecule has 0 rings (SSSR count). The van der Waals surface area contributed by atoms with E-state index >= 15 is 0 Å². The third-order valence-electron chi connectivity index (χ3n) is 7.53. The second-order valence-corrected chi connectivity index (χ2v) is 11.1. The summed E-state index contributed by atoms with van der Waals surface area (Å²) in [6, 6.07) is 0. The molecule has 0 spiro atoms. The fourth-order valence-corrected chi connectivity index (χ4v) is 5.12. The maximum absolute atomic E-state index is 10.2. The van der Waals surface area contributed by atoms with Crippen LogP contribution in [0.2, 0.25) is 0 Å². The number of hydrogen-bond acceptors (Lipinski definition) is 1. The fourth-order valence-electron chi connectivity index (χ4n) is 5.12. The first-order chi connectivity index (χ1) is 16.3. The first kappa shape index (κ1) is 33.0. The van der Waals surface area contributed by atoms with Crippen LogP contribution in [0.4, 0.5) is 0 Å². The first-order valence-corrected chi connectivity index (χ1v) is 16.0. The van der Waals surface area contributed by atoms with Crippen molar-refractivity contribution < 1.29 is 5.11 Å². The SMILES string of the molecule is CCCCCCCCCCCCCCCCCC(O)CCCCCCCCCCCCCC. The summed E-state index contributed by atoms with van der Waals surface area (Å²) in [4.78, 5) is 0. The molecule has 0 aliphatic heterocycles. The number of rotatable bonds is 29. The molecule has 0 aromatic carbocycles. The maximum atomic E-state index is 10.2. The van der Waals surface area contributed by atoms with Gasteiger partial charge in [0.15, 0.2) is 0 Å². The molecular weight excluding hydrogens is 400 g/mol. The molecule has 200 valence electrons. The van der Waals surface area contributed by atoms with E-state index in [1.807, 2.05) is 0 Å². The van der Waals surface area contributed by atoms with E-state index in [-0.39, 0.29) is 6.10 Å². The highest BCUT2D eigenvalue weighted by Crippen LogP contribution is 2.16. The molecule has 0 saturated carbocycles. The summed E-state index contributed by atoms with van der Waals surface area (Å²) in [5, 5.41) is 10.2. The third-order valence-corrected chi connectivity index (χ3v) is 7.53. The Labute approximate surface area is 211 Å².